The van der Waals surface area contributed by atoms with Gasteiger partial charge in [-0.15, -0.1) is 0 Å². The van der Waals surface area contributed by atoms with Gasteiger partial charge >= 0.3 is 0 Å². The molecule has 1 aliphatic rings. The summed E-state index contributed by atoms with van der Waals surface area (Å²) in [6.07, 6.45) is 7.70. The van der Waals surface area contributed by atoms with Gasteiger partial charge in [-0.2, -0.15) is 17.7 Å². The number of thiol groups is 1. The fourth-order valence-corrected chi connectivity index (χ4v) is 3.33. The van der Waals surface area contributed by atoms with Crippen LogP contribution in [0.5, 0.6) is 0 Å². The van der Waals surface area contributed by atoms with E-state index < -0.39 is 5.60 Å². The zero-order valence-corrected chi connectivity index (χ0v) is 13.9. The van der Waals surface area contributed by atoms with Crippen molar-refractivity contribution in [1.29, 1.82) is 0 Å². The van der Waals surface area contributed by atoms with Crippen molar-refractivity contribution < 1.29 is 5.11 Å². The Morgan fingerprint density at radius 3 is 2.73 bits per heavy atom. The lowest BCUT2D eigenvalue weighted by molar-refractivity contribution is 0.00433. The highest BCUT2D eigenvalue weighted by Gasteiger charge is 2.60. The summed E-state index contributed by atoms with van der Waals surface area (Å²) in [5.41, 5.74) is -0.320. The Labute approximate surface area is 140 Å². The Morgan fingerprint density at radius 2 is 2.18 bits per heavy atom. The van der Waals surface area contributed by atoms with E-state index in [9.17, 15) is 5.11 Å². The van der Waals surface area contributed by atoms with Gasteiger partial charge < -0.3 is 5.11 Å². The number of aliphatic hydroxyl groups is 1. The highest BCUT2D eigenvalue weighted by molar-refractivity contribution is 7.81. The fourth-order valence-electron chi connectivity index (χ4n) is 2.60. The molecule has 1 aromatic heterocycles. The van der Waals surface area contributed by atoms with Gasteiger partial charge in [-0.25, -0.2) is 9.67 Å². The van der Waals surface area contributed by atoms with Crippen molar-refractivity contribution in [2.24, 2.45) is 5.41 Å². The van der Waals surface area contributed by atoms with Gasteiger partial charge in [0, 0.05) is 15.7 Å². The molecular weight excluding hydrogens is 318 g/mol. The summed E-state index contributed by atoms with van der Waals surface area (Å²) >= 11 is 10.4. The number of hydrogen-bond acceptors (Lipinski definition) is 4. The average molecular weight is 336 g/mol. The molecule has 22 heavy (non-hydrogen) atoms. The lowest BCUT2D eigenvalue weighted by atomic mass is 9.84. The highest BCUT2D eigenvalue weighted by atomic mass is 35.5. The molecule has 1 heterocycles. The first-order chi connectivity index (χ1) is 10.4. The fraction of sp³-hybridized carbons (Fsp3) is 0.375. The normalized spacial score (nSPS) is 27.0. The van der Waals surface area contributed by atoms with E-state index in [4.69, 9.17) is 11.6 Å². The van der Waals surface area contributed by atoms with Crippen LogP contribution in [0.2, 0.25) is 5.02 Å². The van der Waals surface area contributed by atoms with Gasteiger partial charge in [0.1, 0.15) is 18.3 Å². The molecule has 4 nitrogen and oxygen atoms in total. The van der Waals surface area contributed by atoms with Crippen LogP contribution in [-0.2, 0) is 6.54 Å². The molecule has 0 radical (unpaired) electrons. The molecule has 1 saturated carbocycles. The average Bonchev–Trinajstić information content (AvgIpc) is 2.90. The number of aromatic nitrogens is 3. The third kappa shape index (κ3) is 2.93. The lowest BCUT2D eigenvalue weighted by Gasteiger charge is -2.32. The van der Waals surface area contributed by atoms with E-state index >= 15 is 0 Å². The topological polar surface area (TPSA) is 50.9 Å². The van der Waals surface area contributed by atoms with E-state index in [0.717, 1.165) is 12.0 Å². The van der Waals surface area contributed by atoms with E-state index in [-0.39, 0.29) is 10.7 Å². The molecule has 0 amide bonds. The summed E-state index contributed by atoms with van der Waals surface area (Å²) in [6, 6.07) is 7.50. The van der Waals surface area contributed by atoms with Crippen LogP contribution < -0.4 is 0 Å². The molecule has 6 heteroatoms. The zero-order chi connectivity index (χ0) is 15.8. The standard InChI is InChI=1S/C16H18ClN3OS/c1-15(8-14(15)22)16(21,9-20-11-18-10-19-20)7-6-12-2-4-13(17)5-3-12/h2-7,10-11,14,21-22H,8-9H2,1H3. The third-order valence-corrected chi connectivity index (χ3v) is 5.48. The zero-order valence-electron chi connectivity index (χ0n) is 12.2. The minimum Gasteiger partial charge on any atom is -0.383 e. The molecule has 3 atom stereocenters. The van der Waals surface area contributed by atoms with E-state index in [1.807, 2.05) is 43.3 Å². The van der Waals surface area contributed by atoms with Gasteiger partial charge in [-0.1, -0.05) is 42.8 Å². The minimum absolute atomic E-state index is 0.177. The minimum atomic E-state index is -1.03. The predicted octanol–water partition coefficient (Wildman–Crippen LogP) is 3.08. The van der Waals surface area contributed by atoms with Crippen molar-refractivity contribution in [3.63, 3.8) is 0 Å². The SMILES string of the molecule is CC1(C(O)(C=Cc2ccc(Cl)cc2)Cn2cncn2)CC1S. The molecule has 0 spiro atoms. The van der Waals surface area contributed by atoms with Crippen molar-refractivity contribution in [2.45, 2.75) is 30.7 Å². The molecule has 0 aliphatic heterocycles. The number of rotatable bonds is 5. The quantitative estimate of drug-likeness (QED) is 0.826. The summed E-state index contributed by atoms with van der Waals surface area (Å²) in [6.45, 7) is 2.40. The van der Waals surface area contributed by atoms with Crippen LogP contribution in [0.3, 0.4) is 0 Å². The molecule has 1 aromatic carbocycles. The Balaban J connectivity index is 1.87. The smallest absolute Gasteiger partial charge is 0.137 e. The maximum Gasteiger partial charge on any atom is 0.137 e. The molecular formula is C16H18ClN3OS. The van der Waals surface area contributed by atoms with Gasteiger partial charge in [0.15, 0.2) is 0 Å². The summed E-state index contributed by atoms with van der Waals surface area (Å²) in [4.78, 5) is 3.94. The molecule has 1 N–H and O–H groups in total. The molecule has 3 unspecified atom stereocenters. The Kier molecular flexibility index (Phi) is 4.05. The first kappa shape index (κ1) is 15.6. The second kappa shape index (κ2) is 5.72. The molecule has 0 saturated heterocycles. The molecule has 0 bridgehead atoms. The predicted molar refractivity (Wildman–Crippen MR) is 91.0 cm³/mol. The van der Waals surface area contributed by atoms with Crippen LogP contribution in [0.1, 0.15) is 18.9 Å². The molecule has 1 fully saturated rings. The summed E-state index contributed by atoms with van der Waals surface area (Å²) in [5.74, 6) is 0. The summed E-state index contributed by atoms with van der Waals surface area (Å²) < 4.78 is 1.65. The maximum atomic E-state index is 11.2. The molecule has 116 valence electrons. The highest BCUT2D eigenvalue weighted by Crippen LogP contribution is 2.58. The molecule has 3 rings (SSSR count). The third-order valence-electron chi connectivity index (χ3n) is 4.47. The Bertz CT molecular complexity index is 673. The van der Waals surface area contributed by atoms with Gasteiger partial charge in [0.2, 0.25) is 0 Å². The molecule has 2 aromatic rings. The Hall–Kier alpha value is -1.30. The Morgan fingerprint density at radius 1 is 1.50 bits per heavy atom. The number of benzene rings is 1. The maximum absolute atomic E-state index is 11.2. The van der Waals surface area contributed by atoms with Gasteiger partial charge in [0.25, 0.3) is 0 Å². The van der Waals surface area contributed by atoms with Crippen molar-refractivity contribution >= 4 is 30.3 Å². The van der Waals surface area contributed by atoms with Crippen LogP contribution in [0.15, 0.2) is 43.0 Å². The van der Waals surface area contributed by atoms with Crippen molar-refractivity contribution in [2.75, 3.05) is 0 Å². The van der Waals surface area contributed by atoms with Crippen LogP contribution in [0, 0.1) is 5.41 Å². The number of halogens is 1. The largest absolute Gasteiger partial charge is 0.383 e. The summed E-state index contributed by atoms with van der Waals surface area (Å²) in [7, 11) is 0. The van der Waals surface area contributed by atoms with E-state index in [1.54, 1.807) is 11.0 Å². The van der Waals surface area contributed by atoms with E-state index in [0.29, 0.717) is 11.6 Å². The van der Waals surface area contributed by atoms with Crippen molar-refractivity contribution in [3.8, 4) is 0 Å². The van der Waals surface area contributed by atoms with E-state index in [1.165, 1.54) is 6.33 Å². The molecule has 1 aliphatic carbocycles. The second-order valence-corrected chi connectivity index (χ2v) is 7.10. The number of nitrogens with zero attached hydrogens (tertiary/aromatic N) is 3. The first-order valence-electron chi connectivity index (χ1n) is 7.11. The monoisotopic (exact) mass is 335 g/mol. The van der Waals surface area contributed by atoms with Crippen molar-refractivity contribution in [3.05, 3.63) is 53.6 Å². The van der Waals surface area contributed by atoms with E-state index in [2.05, 4.69) is 22.7 Å². The second-order valence-electron chi connectivity index (χ2n) is 6.04. The van der Waals surface area contributed by atoms with Crippen LogP contribution in [-0.4, -0.2) is 30.7 Å². The van der Waals surface area contributed by atoms with Gasteiger partial charge in [-0.3, -0.25) is 0 Å². The van der Waals surface area contributed by atoms with Crippen molar-refractivity contribution in [1.82, 2.24) is 14.8 Å². The van der Waals surface area contributed by atoms with Gasteiger partial charge in [-0.05, 0) is 24.1 Å². The first-order valence-corrected chi connectivity index (χ1v) is 8.00. The van der Waals surface area contributed by atoms with Crippen LogP contribution in [0.25, 0.3) is 6.08 Å². The summed E-state index contributed by atoms with van der Waals surface area (Å²) in [5, 5.41) is 16.2. The van der Waals surface area contributed by atoms with Crippen LogP contribution >= 0.6 is 24.2 Å². The van der Waals surface area contributed by atoms with Gasteiger partial charge in [0.05, 0.1) is 6.54 Å². The lowest BCUT2D eigenvalue weighted by Crippen LogP contribution is -2.42. The van der Waals surface area contributed by atoms with Crippen LogP contribution in [0.4, 0.5) is 0 Å². The number of hydrogen-bond donors (Lipinski definition) is 2.